The molecule has 2 rings (SSSR count). The topological polar surface area (TPSA) is 55.6 Å². The van der Waals surface area contributed by atoms with Crippen LogP contribution in [0.25, 0.3) is 0 Å². The van der Waals surface area contributed by atoms with Crippen LogP contribution in [0, 0.1) is 5.41 Å². The highest BCUT2D eigenvalue weighted by Gasteiger charge is 2.54. The Hall–Kier alpha value is -0.680. The number of thiocarbonyl (C=S) groups is 1. The molecular weight excluding hydrogens is 248 g/mol. The van der Waals surface area contributed by atoms with Crippen molar-refractivity contribution in [1.82, 2.24) is 4.90 Å². The standard InChI is InChI=1S/C13H22N2O2S/c1-2-8-17-10-4-3-7-15(9-10)12(16)13(5-6-13)11(14)18/h10H,2-9H2,1H3,(H2,14,18). The fourth-order valence-electron chi connectivity index (χ4n) is 2.54. The van der Waals surface area contributed by atoms with Gasteiger partial charge in [-0.25, -0.2) is 0 Å². The molecule has 1 aliphatic carbocycles. The van der Waals surface area contributed by atoms with E-state index in [4.69, 9.17) is 22.7 Å². The summed E-state index contributed by atoms with van der Waals surface area (Å²) in [4.78, 5) is 14.7. The second kappa shape index (κ2) is 5.53. The molecule has 4 nitrogen and oxygen atoms in total. The summed E-state index contributed by atoms with van der Waals surface area (Å²) >= 11 is 5.04. The minimum absolute atomic E-state index is 0.125. The van der Waals surface area contributed by atoms with E-state index in [9.17, 15) is 4.79 Å². The molecule has 0 aromatic carbocycles. The van der Waals surface area contributed by atoms with Gasteiger partial charge in [-0.05, 0) is 32.1 Å². The number of piperidine rings is 1. The summed E-state index contributed by atoms with van der Waals surface area (Å²) in [6.07, 6.45) is 4.89. The zero-order chi connectivity index (χ0) is 13.2. The number of ether oxygens (including phenoxy) is 1. The first-order valence-electron chi connectivity index (χ1n) is 6.81. The van der Waals surface area contributed by atoms with Gasteiger partial charge in [0.25, 0.3) is 0 Å². The van der Waals surface area contributed by atoms with Crippen molar-refractivity contribution in [3.05, 3.63) is 0 Å². The zero-order valence-electron chi connectivity index (χ0n) is 11.0. The molecule has 0 aromatic heterocycles. The van der Waals surface area contributed by atoms with E-state index in [1.165, 1.54) is 0 Å². The molecule has 102 valence electrons. The minimum atomic E-state index is -0.512. The van der Waals surface area contributed by atoms with Crippen LogP contribution in [0.5, 0.6) is 0 Å². The van der Waals surface area contributed by atoms with E-state index in [-0.39, 0.29) is 12.0 Å². The molecule has 1 saturated heterocycles. The third kappa shape index (κ3) is 2.67. The second-order valence-electron chi connectivity index (χ2n) is 5.33. The van der Waals surface area contributed by atoms with Gasteiger partial charge in [-0.1, -0.05) is 19.1 Å². The predicted molar refractivity (Wildman–Crippen MR) is 74.3 cm³/mol. The number of hydrogen-bond donors (Lipinski definition) is 1. The molecule has 0 radical (unpaired) electrons. The summed E-state index contributed by atoms with van der Waals surface area (Å²) in [5.74, 6) is 0.125. The molecule has 2 aliphatic rings. The van der Waals surface area contributed by atoms with Crippen LogP contribution in [0.1, 0.15) is 39.0 Å². The number of nitrogens with zero attached hydrogens (tertiary/aromatic N) is 1. The van der Waals surface area contributed by atoms with Gasteiger partial charge in [-0.3, -0.25) is 4.79 Å². The molecule has 1 atom stereocenters. The van der Waals surface area contributed by atoms with Crippen LogP contribution in [0.4, 0.5) is 0 Å². The largest absolute Gasteiger partial charge is 0.392 e. The van der Waals surface area contributed by atoms with E-state index in [1.54, 1.807) is 0 Å². The Morgan fingerprint density at radius 1 is 1.56 bits per heavy atom. The van der Waals surface area contributed by atoms with Gasteiger partial charge in [0.05, 0.1) is 16.5 Å². The van der Waals surface area contributed by atoms with Gasteiger partial charge in [0.2, 0.25) is 5.91 Å². The van der Waals surface area contributed by atoms with Crippen LogP contribution in [0.3, 0.4) is 0 Å². The number of rotatable bonds is 5. The van der Waals surface area contributed by atoms with Crippen molar-refractivity contribution in [3.63, 3.8) is 0 Å². The van der Waals surface area contributed by atoms with Crippen LogP contribution in [-0.4, -0.2) is 41.6 Å². The molecular formula is C13H22N2O2S. The van der Waals surface area contributed by atoms with Crippen molar-refractivity contribution in [2.24, 2.45) is 11.1 Å². The minimum Gasteiger partial charge on any atom is -0.392 e. The molecule has 1 heterocycles. The maximum absolute atomic E-state index is 12.4. The molecule has 1 unspecified atom stereocenters. The summed E-state index contributed by atoms with van der Waals surface area (Å²) in [5, 5.41) is 0. The van der Waals surface area contributed by atoms with E-state index in [2.05, 4.69) is 6.92 Å². The second-order valence-corrected chi connectivity index (χ2v) is 5.77. The molecule has 0 aromatic rings. The first-order chi connectivity index (χ1) is 8.60. The number of likely N-dealkylation sites (tertiary alicyclic amines) is 1. The van der Waals surface area contributed by atoms with Crippen molar-refractivity contribution in [3.8, 4) is 0 Å². The van der Waals surface area contributed by atoms with Crippen LogP contribution >= 0.6 is 12.2 Å². The molecule has 5 heteroatoms. The van der Waals surface area contributed by atoms with Gasteiger partial charge in [-0.15, -0.1) is 0 Å². The SMILES string of the molecule is CCCOC1CCCN(C(=O)C2(C(N)=S)CC2)C1. The monoisotopic (exact) mass is 270 g/mol. The van der Waals surface area contributed by atoms with Gasteiger partial charge >= 0.3 is 0 Å². The Bertz CT molecular complexity index is 342. The Morgan fingerprint density at radius 3 is 2.83 bits per heavy atom. The Kier molecular flexibility index (Phi) is 4.22. The van der Waals surface area contributed by atoms with Crippen molar-refractivity contribution >= 4 is 23.1 Å². The number of carbonyl (C=O) groups is 1. The highest BCUT2D eigenvalue weighted by molar-refractivity contribution is 7.80. The third-order valence-corrected chi connectivity index (χ3v) is 4.24. The van der Waals surface area contributed by atoms with Gasteiger partial charge in [0, 0.05) is 19.7 Å². The van der Waals surface area contributed by atoms with E-state index in [0.717, 1.165) is 45.3 Å². The maximum atomic E-state index is 12.4. The lowest BCUT2D eigenvalue weighted by Crippen LogP contribution is -2.49. The highest BCUT2D eigenvalue weighted by Crippen LogP contribution is 2.47. The molecule has 1 aliphatic heterocycles. The molecule has 18 heavy (non-hydrogen) atoms. The highest BCUT2D eigenvalue weighted by atomic mass is 32.1. The van der Waals surface area contributed by atoms with E-state index < -0.39 is 5.41 Å². The summed E-state index contributed by atoms with van der Waals surface area (Å²) in [6.45, 7) is 4.38. The Morgan fingerprint density at radius 2 is 2.28 bits per heavy atom. The molecule has 1 amide bonds. The lowest BCUT2D eigenvalue weighted by Gasteiger charge is -2.34. The third-order valence-electron chi connectivity index (χ3n) is 3.85. The average molecular weight is 270 g/mol. The van der Waals surface area contributed by atoms with Gasteiger partial charge in [-0.2, -0.15) is 0 Å². The lowest BCUT2D eigenvalue weighted by atomic mass is 10.0. The number of nitrogens with two attached hydrogens (primary N) is 1. The number of amides is 1. The van der Waals surface area contributed by atoms with E-state index in [1.807, 2.05) is 4.90 Å². The zero-order valence-corrected chi connectivity index (χ0v) is 11.8. The van der Waals surface area contributed by atoms with Crippen LogP contribution < -0.4 is 5.73 Å². The molecule has 2 fully saturated rings. The summed E-state index contributed by atoms with van der Waals surface area (Å²) in [5.41, 5.74) is 5.20. The quantitative estimate of drug-likeness (QED) is 0.769. The number of hydrogen-bond acceptors (Lipinski definition) is 3. The summed E-state index contributed by atoms with van der Waals surface area (Å²) in [6, 6.07) is 0. The lowest BCUT2D eigenvalue weighted by molar-refractivity contribution is -0.138. The van der Waals surface area contributed by atoms with E-state index >= 15 is 0 Å². The van der Waals surface area contributed by atoms with Crippen LogP contribution in [-0.2, 0) is 9.53 Å². The fourth-order valence-corrected chi connectivity index (χ4v) is 2.83. The van der Waals surface area contributed by atoms with Crippen molar-refractivity contribution in [1.29, 1.82) is 0 Å². The molecule has 0 bridgehead atoms. The molecule has 2 N–H and O–H groups in total. The molecule has 1 saturated carbocycles. The first kappa shape index (κ1) is 13.7. The predicted octanol–water partition coefficient (Wildman–Crippen LogP) is 1.47. The van der Waals surface area contributed by atoms with Gasteiger partial charge in [0.1, 0.15) is 0 Å². The summed E-state index contributed by atoms with van der Waals surface area (Å²) in [7, 11) is 0. The van der Waals surface area contributed by atoms with Crippen LogP contribution in [0.15, 0.2) is 0 Å². The van der Waals surface area contributed by atoms with Gasteiger partial charge < -0.3 is 15.4 Å². The first-order valence-corrected chi connectivity index (χ1v) is 7.22. The average Bonchev–Trinajstić information content (AvgIpc) is 3.17. The van der Waals surface area contributed by atoms with Crippen molar-refractivity contribution in [2.75, 3.05) is 19.7 Å². The number of carbonyl (C=O) groups excluding carboxylic acids is 1. The van der Waals surface area contributed by atoms with Gasteiger partial charge in [0.15, 0.2) is 0 Å². The van der Waals surface area contributed by atoms with E-state index in [0.29, 0.717) is 11.5 Å². The Labute approximate surface area is 114 Å². The molecule has 0 spiro atoms. The summed E-state index contributed by atoms with van der Waals surface area (Å²) < 4.78 is 5.75. The normalized spacial score (nSPS) is 25.8. The van der Waals surface area contributed by atoms with Crippen LogP contribution in [0.2, 0.25) is 0 Å². The fraction of sp³-hybridized carbons (Fsp3) is 0.846. The van der Waals surface area contributed by atoms with Crippen molar-refractivity contribution in [2.45, 2.75) is 45.1 Å². The smallest absolute Gasteiger partial charge is 0.235 e. The maximum Gasteiger partial charge on any atom is 0.235 e. The Balaban J connectivity index is 1.92. The van der Waals surface area contributed by atoms with Crippen molar-refractivity contribution < 1.29 is 9.53 Å².